The number of aromatic nitrogens is 6. The Kier molecular flexibility index (Phi) is 34.9. The van der Waals surface area contributed by atoms with Gasteiger partial charge in [-0.2, -0.15) is 0 Å². The molecule has 0 atom stereocenters. The number of aryl methyl sites for hydroxylation is 2. The third-order valence-corrected chi connectivity index (χ3v) is 28.3. The van der Waals surface area contributed by atoms with Crippen molar-refractivity contribution in [2.24, 2.45) is 0 Å². The van der Waals surface area contributed by atoms with E-state index in [2.05, 4.69) is 394 Å². The molecule has 2 N–H and O–H groups in total. The molecule has 0 unspecified atom stereocenters. The van der Waals surface area contributed by atoms with Crippen LogP contribution in [0.15, 0.2) is 449 Å². The summed E-state index contributed by atoms with van der Waals surface area (Å²) in [7, 11) is -3.17. The van der Waals surface area contributed by atoms with Crippen LogP contribution in [0.5, 0.6) is 0 Å². The van der Waals surface area contributed by atoms with Gasteiger partial charge in [-0.05, 0) is 175 Å². The molecule has 17 heteroatoms. The maximum Gasteiger partial charge on any atom is 0.488 e. The Bertz CT molecular complexity index is 5060. The van der Waals surface area contributed by atoms with Gasteiger partial charge in [0, 0.05) is 72.9 Å². The number of hydrogen-bond donors (Lipinski definition) is 2. The Hall–Kier alpha value is -10.7. The number of pyridine rings is 6. The van der Waals surface area contributed by atoms with E-state index < -0.39 is 38.8 Å². The van der Waals surface area contributed by atoms with Gasteiger partial charge in [-0.25, -0.2) is 19.9 Å². The Morgan fingerprint density at radius 2 is 0.479 bits per heavy atom. The third-order valence-electron chi connectivity index (χ3n) is 17.7. The van der Waals surface area contributed by atoms with Crippen LogP contribution in [0.25, 0.3) is 33.1 Å². The summed E-state index contributed by atoms with van der Waals surface area (Å²) in [5.74, 6) is 0. The van der Waals surface area contributed by atoms with Gasteiger partial charge in [0.2, 0.25) is 0 Å². The smallest absolute Gasteiger partial charge is 0.423 e. The molecular weight excluding hydrogens is 1660 g/mol. The van der Waals surface area contributed by atoms with Crippen molar-refractivity contribution in [3.8, 4) is 11.3 Å². The van der Waals surface area contributed by atoms with E-state index in [1.165, 1.54) is 63.7 Å². The summed E-state index contributed by atoms with van der Waals surface area (Å²) >= 11 is 17.5. The second kappa shape index (κ2) is 46.9. The topological polar surface area (TPSA) is 118 Å². The first-order chi connectivity index (χ1) is 57.0. The molecule has 0 aliphatic carbocycles. The first-order valence-electron chi connectivity index (χ1n) is 37.5. The molecule has 18 aromatic rings. The second-order valence-electron chi connectivity index (χ2n) is 25.8. The van der Waals surface area contributed by atoms with Crippen LogP contribution in [0.2, 0.25) is 15.5 Å². The van der Waals surface area contributed by atoms with E-state index >= 15 is 0 Å². The van der Waals surface area contributed by atoms with Crippen LogP contribution < -0.4 is 69.1 Å². The molecular formula is C100H82BCl3N6O2P4Pd. The van der Waals surface area contributed by atoms with Gasteiger partial charge in [0.1, 0.15) is 15.5 Å². The summed E-state index contributed by atoms with van der Waals surface area (Å²) in [6, 6.07) is 147. The fourth-order valence-electron chi connectivity index (χ4n) is 12.3. The van der Waals surface area contributed by atoms with E-state index in [-0.39, 0.29) is 20.4 Å². The van der Waals surface area contributed by atoms with Gasteiger partial charge in [0.05, 0.1) is 16.7 Å². The molecule has 0 aliphatic rings. The van der Waals surface area contributed by atoms with Gasteiger partial charge in [-0.15, -0.1) is 0 Å². The van der Waals surface area contributed by atoms with Crippen molar-refractivity contribution in [3.63, 3.8) is 0 Å². The quantitative estimate of drug-likeness (QED) is 0.0628. The molecule has 18 rings (SSSR count). The minimum Gasteiger partial charge on any atom is -0.423 e. The van der Waals surface area contributed by atoms with Crippen LogP contribution in [-0.4, -0.2) is 47.1 Å². The molecule has 6 aromatic heterocycles. The minimum absolute atomic E-state index is 0. The number of nitrogens with zero attached hydrogens (tertiary/aromatic N) is 6. The predicted octanol–water partition coefficient (Wildman–Crippen LogP) is 19.4. The zero-order chi connectivity index (χ0) is 80.3. The van der Waals surface area contributed by atoms with E-state index in [0.29, 0.717) is 20.9 Å². The van der Waals surface area contributed by atoms with Gasteiger partial charge in [0.15, 0.2) is 0 Å². The maximum atomic E-state index is 8.68. The normalized spacial score (nSPS) is 10.4. The molecule has 0 spiro atoms. The van der Waals surface area contributed by atoms with Crippen molar-refractivity contribution in [1.82, 2.24) is 29.9 Å². The number of fused-ring (bicyclic) bond motifs is 2. The molecule has 0 bridgehead atoms. The minimum atomic E-state index is -1.39. The zero-order valence-corrected chi connectivity index (χ0v) is 71.5. The van der Waals surface area contributed by atoms with Crippen molar-refractivity contribution in [2.75, 3.05) is 0 Å². The largest absolute Gasteiger partial charge is 0.488 e. The van der Waals surface area contributed by atoms with Crippen molar-refractivity contribution in [1.29, 1.82) is 0 Å². The number of benzene rings is 12. The number of hydrogen-bond acceptors (Lipinski definition) is 8. The monoisotopic (exact) mass is 1740 g/mol. The summed E-state index contributed by atoms with van der Waals surface area (Å²) in [5.41, 5.74) is 5.82. The molecule has 8 nitrogen and oxygen atoms in total. The van der Waals surface area contributed by atoms with Crippen LogP contribution in [0.3, 0.4) is 0 Å². The fourth-order valence-corrected chi connectivity index (χ4v) is 22.1. The molecule has 6 heterocycles. The first-order valence-corrected chi connectivity index (χ1v) is 44.0. The molecule has 0 aliphatic heterocycles. The van der Waals surface area contributed by atoms with E-state index in [4.69, 9.17) is 44.9 Å². The first kappa shape index (κ1) is 87.1. The van der Waals surface area contributed by atoms with Gasteiger partial charge in [-0.3, -0.25) is 9.97 Å². The number of halogens is 3. The van der Waals surface area contributed by atoms with Crippen molar-refractivity contribution in [3.05, 3.63) is 476 Å². The van der Waals surface area contributed by atoms with Gasteiger partial charge < -0.3 is 10.0 Å². The summed E-state index contributed by atoms with van der Waals surface area (Å²) in [6.07, 6.45) is 6.60. The summed E-state index contributed by atoms with van der Waals surface area (Å²) in [6.45, 7) is 3.76. The van der Waals surface area contributed by atoms with E-state index in [1.807, 2.05) is 37.3 Å². The Morgan fingerprint density at radius 3 is 0.718 bits per heavy atom. The summed E-state index contributed by atoms with van der Waals surface area (Å²) in [4.78, 5) is 24.7. The van der Waals surface area contributed by atoms with E-state index in [0.717, 1.165) is 44.5 Å². The van der Waals surface area contributed by atoms with Crippen LogP contribution in [0.1, 0.15) is 11.4 Å². The van der Waals surface area contributed by atoms with Gasteiger partial charge >= 0.3 is 7.12 Å². The third kappa shape index (κ3) is 26.1. The van der Waals surface area contributed by atoms with Gasteiger partial charge in [-0.1, -0.05) is 399 Å². The standard InChI is InChI=1S/4C18H15P.C14H10ClN3.C8H4Cl2N2.C6H8BNO2.Pd/c4*1-4-10-16(11-5-1)19(17-12-6-2-7-13-17)18-14-8-3-9-15-18;1-9-8-10(4-6-16-9)12-3-2-11-13(18-12)5-7-17-14(11)15;9-7-2-1-5-6(12-7)3-4-11-8(5)10;1-5-4-6(7(9)10)2-3-8-5;/h4*1-15H;2-8H,1H3;1-4H;2-4,9-10H,1H3;. The van der Waals surface area contributed by atoms with Crippen LogP contribution >= 0.6 is 66.5 Å². The van der Waals surface area contributed by atoms with Crippen molar-refractivity contribution >= 4 is 165 Å². The van der Waals surface area contributed by atoms with E-state index in [1.54, 1.807) is 62.0 Å². The molecule has 578 valence electrons. The predicted molar refractivity (Wildman–Crippen MR) is 501 cm³/mol. The summed E-state index contributed by atoms with van der Waals surface area (Å²) < 4.78 is 0. The van der Waals surface area contributed by atoms with Crippen LogP contribution in [-0.2, 0) is 20.4 Å². The Labute approximate surface area is 720 Å². The summed E-state index contributed by atoms with van der Waals surface area (Å²) in [5, 5.41) is 37.2. The average Bonchev–Trinajstić information content (AvgIpc) is 0.829. The number of rotatable bonds is 14. The zero-order valence-electron chi connectivity index (χ0n) is 64.1. The molecule has 0 saturated carbocycles. The SMILES string of the molecule is Cc1cc(-c2ccc3c(Cl)nccc3n2)ccn1.Cc1cc(B(O)O)ccn1.Clc1ccc2c(Cl)nccc2n1.[Pd].c1ccc(P(c2ccccc2)c2ccccc2)cc1.c1ccc(P(c2ccccc2)c2ccccc2)cc1.c1ccc(P(c2ccccc2)c2ccccc2)cc1.c1ccc(P(c2ccccc2)c2ccccc2)cc1. The average molecular weight is 1750 g/mol. The van der Waals surface area contributed by atoms with Crippen LogP contribution in [0.4, 0.5) is 0 Å². The van der Waals surface area contributed by atoms with Gasteiger partial charge in [0.25, 0.3) is 0 Å². The molecule has 0 amide bonds. The fraction of sp³-hybridized carbons (Fsp3) is 0.0200. The molecule has 117 heavy (non-hydrogen) atoms. The molecule has 12 aromatic carbocycles. The maximum absolute atomic E-state index is 8.68. The van der Waals surface area contributed by atoms with Crippen molar-refractivity contribution < 1.29 is 30.5 Å². The molecule has 0 saturated heterocycles. The van der Waals surface area contributed by atoms with E-state index in [9.17, 15) is 0 Å². The Balaban J connectivity index is 0.000000135. The second-order valence-corrected chi connectivity index (χ2v) is 35.8. The van der Waals surface area contributed by atoms with Crippen LogP contribution in [0, 0.1) is 13.8 Å². The molecule has 0 radical (unpaired) electrons. The molecule has 0 fully saturated rings. The van der Waals surface area contributed by atoms with Crippen molar-refractivity contribution in [2.45, 2.75) is 13.8 Å². The Morgan fingerprint density at radius 1 is 0.248 bits per heavy atom.